The Balaban J connectivity index is 0.883. The van der Waals surface area contributed by atoms with E-state index in [0.717, 1.165) is 4.90 Å². The molecular formula is C57H64FN9O14. The van der Waals surface area contributed by atoms with Gasteiger partial charge in [-0.3, -0.25) is 52.8 Å². The molecule has 24 heteroatoms. The largest absolute Gasteiger partial charge is 0.460 e. The molecule has 7 N–H and O–H groups in total. The first kappa shape index (κ1) is 58.5. The maximum atomic E-state index is 15.5. The summed E-state index contributed by atoms with van der Waals surface area (Å²) in [7, 11) is 0. The number of nitrogens with zero attached hydrogens (tertiary/aromatic N) is 3. The normalized spacial score (nSPS) is 17.5. The van der Waals surface area contributed by atoms with E-state index in [1.54, 1.807) is 71.0 Å². The minimum Gasteiger partial charge on any atom is -0.460 e. The van der Waals surface area contributed by atoms with Gasteiger partial charge in [0.2, 0.25) is 35.4 Å². The van der Waals surface area contributed by atoms with Gasteiger partial charge in [-0.1, -0.05) is 43.7 Å². The van der Waals surface area contributed by atoms with Gasteiger partial charge in [-0.05, 0) is 88.1 Å². The first-order valence-corrected chi connectivity index (χ1v) is 26.8. The summed E-state index contributed by atoms with van der Waals surface area (Å²) in [5.74, 6) is -7.48. The molecule has 3 aliphatic heterocycles. The van der Waals surface area contributed by atoms with Crippen molar-refractivity contribution < 1.29 is 66.9 Å². The molecule has 4 aromatic rings. The lowest BCUT2D eigenvalue weighted by Crippen LogP contribution is -2.53. The van der Waals surface area contributed by atoms with Crippen molar-refractivity contribution in [3.05, 3.63) is 110 Å². The first-order chi connectivity index (χ1) is 38.5. The van der Waals surface area contributed by atoms with Gasteiger partial charge in [0.1, 0.15) is 30.1 Å². The highest BCUT2D eigenvalue weighted by Gasteiger charge is 2.46. The first-order valence-electron chi connectivity index (χ1n) is 26.8. The minimum atomic E-state index is -2.08. The molecule has 2 aromatic heterocycles. The number of benzene rings is 2. The molecule has 1 aliphatic carbocycles. The van der Waals surface area contributed by atoms with Crippen molar-refractivity contribution in [2.75, 3.05) is 26.2 Å². The van der Waals surface area contributed by atoms with Crippen LogP contribution in [-0.2, 0) is 89.0 Å². The van der Waals surface area contributed by atoms with Crippen LogP contribution in [0.1, 0.15) is 118 Å². The van der Waals surface area contributed by atoms with Crippen LogP contribution in [0.3, 0.4) is 0 Å². The van der Waals surface area contributed by atoms with E-state index in [2.05, 4.69) is 31.9 Å². The van der Waals surface area contributed by atoms with Crippen LogP contribution in [0.4, 0.5) is 4.39 Å². The molecule has 0 bridgehead atoms. The summed E-state index contributed by atoms with van der Waals surface area (Å²) in [6.07, 6.45) is 3.55. The SMILES string of the molecule is CC[C@@]1(O)C(=O)OCc2c1cc1n(c2=O)Cc2c-1nc1cc(F)c(C)c3c1c2[C@@H](NC(=O)CNC(=O)[C@H](Cc1ccccc1)NC(=O)CNC(=O)CNC(=O)[C@@H](CC(=O)OC(C)(C)C)NC(=O)CCCCCN1C(=O)C=CC1=O)CC3. The molecule has 4 aliphatic rings. The molecule has 8 amide bonds. The van der Waals surface area contributed by atoms with Crippen LogP contribution in [0.25, 0.3) is 22.3 Å². The van der Waals surface area contributed by atoms with Crippen LogP contribution in [0, 0.1) is 12.7 Å². The number of esters is 2. The Kier molecular flexibility index (Phi) is 17.6. The zero-order valence-corrected chi connectivity index (χ0v) is 45.5. The molecule has 2 aromatic carbocycles. The molecule has 8 rings (SSSR count). The average Bonchev–Trinajstić information content (AvgIpc) is 2.37. The Bertz CT molecular complexity index is 3340. The summed E-state index contributed by atoms with van der Waals surface area (Å²) in [6, 6.07) is 8.12. The average molecular weight is 1120 g/mol. The molecule has 0 fully saturated rings. The van der Waals surface area contributed by atoms with Crippen LogP contribution in [-0.4, -0.2) is 123 Å². The molecule has 5 heterocycles. The minimum absolute atomic E-state index is 0.0108. The number of nitrogens with one attached hydrogen (secondary N) is 6. The van der Waals surface area contributed by atoms with E-state index in [1.807, 2.05) is 0 Å². The lowest BCUT2D eigenvalue weighted by molar-refractivity contribution is -0.172. The fourth-order valence-electron chi connectivity index (χ4n) is 10.5. The number of pyridine rings is 2. The highest BCUT2D eigenvalue weighted by Crippen LogP contribution is 2.46. The van der Waals surface area contributed by atoms with E-state index in [1.165, 1.54) is 22.8 Å². The number of carbonyl (C=O) groups excluding carboxylic acids is 10. The summed E-state index contributed by atoms with van der Waals surface area (Å²) in [6.45, 7) is 6.09. The Labute approximate surface area is 464 Å². The van der Waals surface area contributed by atoms with Crippen molar-refractivity contribution in [1.82, 2.24) is 46.4 Å². The number of amides is 8. The van der Waals surface area contributed by atoms with E-state index in [-0.39, 0.29) is 55.6 Å². The van der Waals surface area contributed by atoms with Crippen LogP contribution < -0.4 is 37.5 Å². The second-order valence-electron chi connectivity index (χ2n) is 21.4. The van der Waals surface area contributed by atoms with E-state index in [0.29, 0.717) is 76.7 Å². The number of hydrogen-bond acceptors (Lipinski definition) is 15. The van der Waals surface area contributed by atoms with Crippen molar-refractivity contribution in [3.8, 4) is 11.4 Å². The molecule has 81 heavy (non-hydrogen) atoms. The summed E-state index contributed by atoms with van der Waals surface area (Å²) in [4.78, 5) is 150. The van der Waals surface area contributed by atoms with Gasteiger partial charge in [0.05, 0.1) is 61.1 Å². The Hall–Kier alpha value is -8.67. The molecule has 4 atom stereocenters. The number of carbonyl (C=O) groups is 10. The molecule has 0 unspecified atom stereocenters. The van der Waals surface area contributed by atoms with Crippen LogP contribution in [0.15, 0.2) is 59.4 Å². The number of aliphatic hydroxyl groups is 1. The molecule has 428 valence electrons. The molecule has 0 saturated carbocycles. The third kappa shape index (κ3) is 13.2. The van der Waals surface area contributed by atoms with E-state index >= 15 is 4.39 Å². The zero-order chi connectivity index (χ0) is 58.5. The topological polar surface area (TPSA) is 320 Å². The maximum absolute atomic E-state index is 15.5. The second-order valence-corrected chi connectivity index (χ2v) is 21.4. The number of halogens is 1. The lowest BCUT2D eigenvalue weighted by Gasteiger charge is -2.31. The highest BCUT2D eigenvalue weighted by molar-refractivity contribution is 6.12. The van der Waals surface area contributed by atoms with E-state index in [9.17, 15) is 57.8 Å². The second kappa shape index (κ2) is 24.4. The van der Waals surface area contributed by atoms with Crippen molar-refractivity contribution in [2.45, 2.75) is 135 Å². The predicted octanol–water partition coefficient (Wildman–Crippen LogP) is 1.41. The molecule has 0 spiro atoms. The highest BCUT2D eigenvalue weighted by atomic mass is 19.1. The maximum Gasteiger partial charge on any atom is 0.343 e. The molecular weight excluding hydrogens is 1050 g/mol. The third-order valence-corrected chi connectivity index (χ3v) is 14.6. The van der Waals surface area contributed by atoms with Gasteiger partial charge in [-0.2, -0.15) is 0 Å². The fraction of sp³-hybridized carbons (Fsp3) is 0.439. The smallest absolute Gasteiger partial charge is 0.343 e. The molecule has 0 radical (unpaired) electrons. The van der Waals surface area contributed by atoms with Gasteiger partial charge in [0.25, 0.3) is 17.4 Å². The third-order valence-electron chi connectivity index (χ3n) is 14.6. The fourth-order valence-corrected chi connectivity index (χ4v) is 10.5. The van der Waals surface area contributed by atoms with Gasteiger partial charge in [-0.25, -0.2) is 14.2 Å². The molecule has 0 saturated heterocycles. The number of rotatable bonds is 22. The Morgan fingerprint density at radius 2 is 1.51 bits per heavy atom. The van der Waals surface area contributed by atoms with Gasteiger partial charge in [-0.15, -0.1) is 0 Å². The van der Waals surface area contributed by atoms with Crippen LogP contribution in [0.5, 0.6) is 0 Å². The number of aryl methyl sites for hydroxylation is 1. The van der Waals surface area contributed by atoms with E-state index in [4.69, 9.17) is 14.5 Å². The standard InChI is InChI=1S/C57H64FN9O14/c1-6-57(79)35-22-41-51-33(28-67(41)54(77)34(35)29-80-55(57)78)50-37(17-16-32-30(2)36(58)23-38(65-51)49(32)50)62-45(71)27-61-52(75)39(21-31-13-9-7-10-14-31)64-44(70)26-59-43(69)25-60-53(76)40(24-48(74)81-56(3,4)5)63-42(68)15-11-8-12-20-66-46(72)18-19-47(66)73/h7,9-10,13-14,18-19,22-23,37,39-40,79H,6,8,11-12,15-17,20-21,24-29H2,1-5H3,(H,59,69)(H,60,76)(H,61,75)(H,62,71)(H,63,68)(H,64,70)/t37-,39-,40+,57-/m0/s1. The van der Waals surface area contributed by atoms with Crippen LogP contribution >= 0.6 is 0 Å². The summed E-state index contributed by atoms with van der Waals surface area (Å²) >= 11 is 0. The predicted molar refractivity (Wildman–Crippen MR) is 286 cm³/mol. The number of fused-ring (bicyclic) bond motifs is 5. The summed E-state index contributed by atoms with van der Waals surface area (Å²) in [5.41, 5.74) is 0.546. The Morgan fingerprint density at radius 3 is 2.20 bits per heavy atom. The number of imide groups is 1. The van der Waals surface area contributed by atoms with Crippen molar-refractivity contribution in [1.29, 1.82) is 0 Å². The van der Waals surface area contributed by atoms with Gasteiger partial charge >= 0.3 is 11.9 Å². The van der Waals surface area contributed by atoms with Crippen molar-refractivity contribution >= 4 is 70.1 Å². The van der Waals surface area contributed by atoms with Crippen molar-refractivity contribution in [3.63, 3.8) is 0 Å². The number of cyclic esters (lactones) is 1. The zero-order valence-electron chi connectivity index (χ0n) is 45.5. The van der Waals surface area contributed by atoms with E-state index < -0.39 is 126 Å². The van der Waals surface area contributed by atoms with Gasteiger partial charge in [0, 0.05) is 54.1 Å². The number of ether oxygens (including phenoxy) is 2. The lowest BCUT2D eigenvalue weighted by atomic mass is 9.81. The summed E-state index contributed by atoms with van der Waals surface area (Å²) in [5, 5.41) is 27.5. The molecule has 23 nitrogen and oxygen atoms in total. The van der Waals surface area contributed by atoms with Gasteiger partial charge in [0.15, 0.2) is 5.60 Å². The van der Waals surface area contributed by atoms with Crippen LogP contribution in [0.2, 0.25) is 0 Å². The summed E-state index contributed by atoms with van der Waals surface area (Å²) < 4.78 is 27.5. The number of aromatic nitrogens is 2. The number of unbranched alkanes of at least 4 members (excludes halogenated alkanes) is 2. The van der Waals surface area contributed by atoms with Gasteiger partial charge < -0.3 is 51.0 Å². The number of hydrogen-bond donors (Lipinski definition) is 7. The van der Waals surface area contributed by atoms with Crippen molar-refractivity contribution in [2.24, 2.45) is 0 Å². The quantitative estimate of drug-likeness (QED) is 0.0293. The monoisotopic (exact) mass is 1120 g/mol. The Morgan fingerprint density at radius 1 is 0.840 bits per heavy atom.